The zero-order chi connectivity index (χ0) is 24.4. The lowest BCUT2D eigenvalue weighted by molar-refractivity contribution is -0.135. The first kappa shape index (κ1) is 24.0. The van der Waals surface area contributed by atoms with Crippen LogP contribution < -0.4 is 4.90 Å². The van der Waals surface area contributed by atoms with Crippen LogP contribution in [0.1, 0.15) is 58.2 Å². The van der Waals surface area contributed by atoms with Crippen LogP contribution in [0.4, 0.5) is 5.82 Å². The molecule has 2 fully saturated rings. The highest BCUT2D eigenvalue weighted by atomic mass is 35.5. The number of carbonyl (C=O) groups is 1. The van der Waals surface area contributed by atoms with E-state index in [1.54, 1.807) is 0 Å². The second-order valence-electron chi connectivity index (χ2n) is 10.3. The number of hydrogen-bond acceptors (Lipinski definition) is 5. The van der Waals surface area contributed by atoms with E-state index in [4.69, 9.17) is 21.6 Å². The number of halogens is 1. The molecule has 3 heterocycles. The van der Waals surface area contributed by atoms with Gasteiger partial charge < -0.3 is 9.80 Å². The van der Waals surface area contributed by atoms with Crippen LogP contribution in [0.15, 0.2) is 30.5 Å². The molecular weight excluding hydrogens is 460 g/mol. The van der Waals surface area contributed by atoms with Gasteiger partial charge in [-0.1, -0.05) is 44.4 Å². The van der Waals surface area contributed by atoms with Gasteiger partial charge in [0.05, 0.1) is 17.3 Å². The number of hydrogen-bond donors (Lipinski definition) is 0. The first-order valence-electron chi connectivity index (χ1n) is 13.0. The summed E-state index contributed by atoms with van der Waals surface area (Å²) in [4.78, 5) is 27.5. The van der Waals surface area contributed by atoms with Crippen LogP contribution in [0.25, 0.3) is 16.7 Å². The van der Waals surface area contributed by atoms with E-state index in [9.17, 15) is 4.79 Å². The van der Waals surface area contributed by atoms with Crippen molar-refractivity contribution in [3.63, 3.8) is 0 Å². The van der Waals surface area contributed by atoms with Gasteiger partial charge in [-0.2, -0.15) is 5.10 Å². The summed E-state index contributed by atoms with van der Waals surface area (Å²) in [5.74, 6) is 2.92. The fourth-order valence-corrected chi connectivity index (χ4v) is 5.47. The van der Waals surface area contributed by atoms with Crippen molar-refractivity contribution in [2.24, 2.45) is 11.8 Å². The Kier molecular flexibility index (Phi) is 7.23. The normalized spacial score (nSPS) is 17.5. The highest BCUT2D eigenvalue weighted by molar-refractivity contribution is 6.30. The molecule has 2 aliphatic rings. The van der Waals surface area contributed by atoms with Crippen LogP contribution in [0.5, 0.6) is 0 Å². The van der Waals surface area contributed by atoms with E-state index < -0.39 is 0 Å². The Bertz CT molecular complexity index is 1190. The molecule has 1 amide bonds. The van der Waals surface area contributed by atoms with Gasteiger partial charge in [-0.25, -0.2) is 14.6 Å². The van der Waals surface area contributed by atoms with Crippen molar-refractivity contribution in [2.75, 3.05) is 31.1 Å². The Balaban J connectivity index is 1.46. The van der Waals surface area contributed by atoms with Gasteiger partial charge in [-0.15, -0.1) is 0 Å². The number of aromatic nitrogens is 4. The molecule has 186 valence electrons. The van der Waals surface area contributed by atoms with Crippen LogP contribution in [0, 0.1) is 11.8 Å². The molecule has 0 spiro atoms. The first-order chi connectivity index (χ1) is 17.0. The molecule has 1 saturated heterocycles. The molecule has 0 atom stereocenters. The Hall–Kier alpha value is -2.67. The average Bonchev–Trinajstić information content (AvgIpc) is 3.47. The van der Waals surface area contributed by atoms with E-state index in [1.165, 1.54) is 12.8 Å². The minimum Gasteiger partial charge on any atom is -0.354 e. The summed E-state index contributed by atoms with van der Waals surface area (Å²) in [6, 6.07) is 7.69. The second-order valence-corrected chi connectivity index (χ2v) is 10.8. The second kappa shape index (κ2) is 10.5. The smallest absolute Gasteiger partial charge is 0.225 e. The third kappa shape index (κ3) is 5.30. The summed E-state index contributed by atoms with van der Waals surface area (Å²) >= 11 is 6.27. The molecule has 0 bridgehead atoms. The maximum atomic E-state index is 13.1. The van der Waals surface area contributed by atoms with Crippen LogP contribution in [0.2, 0.25) is 5.02 Å². The van der Waals surface area contributed by atoms with Crippen molar-refractivity contribution >= 4 is 34.4 Å². The van der Waals surface area contributed by atoms with E-state index in [0.29, 0.717) is 16.8 Å². The van der Waals surface area contributed by atoms with Gasteiger partial charge in [-0.3, -0.25) is 4.79 Å². The third-order valence-electron chi connectivity index (χ3n) is 7.26. The van der Waals surface area contributed by atoms with Crippen molar-refractivity contribution in [3.05, 3.63) is 41.3 Å². The van der Waals surface area contributed by atoms with Crippen LogP contribution >= 0.6 is 11.6 Å². The third-order valence-corrected chi connectivity index (χ3v) is 7.50. The van der Waals surface area contributed by atoms with Crippen molar-refractivity contribution in [3.8, 4) is 5.69 Å². The fourth-order valence-electron chi connectivity index (χ4n) is 5.29. The lowest BCUT2D eigenvalue weighted by Gasteiger charge is -2.25. The number of benzene rings is 1. The zero-order valence-corrected chi connectivity index (χ0v) is 21.5. The van der Waals surface area contributed by atoms with E-state index in [2.05, 4.69) is 28.7 Å². The molecule has 5 rings (SSSR count). The predicted octanol–water partition coefficient (Wildman–Crippen LogP) is 5.29. The summed E-state index contributed by atoms with van der Waals surface area (Å²) < 4.78 is 1.86. The molecule has 1 saturated carbocycles. The number of nitrogens with zero attached hydrogens (tertiary/aromatic N) is 6. The zero-order valence-electron chi connectivity index (χ0n) is 20.8. The molecule has 8 heteroatoms. The standard InChI is InChI=1S/C27H35ClN6O/c1-19(2)11-12-24-30-25(23-18-29-34(26(23)31-24)22-10-5-9-21(28)17-22)32-13-6-14-33(16-15-32)27(35)20-7-3-4-8-20/h5,9-10,17-20H,3-4,6-8,11-16H2,1-2H3. The summed E-state index contributed by atoms with van der Waals surface area (Å²) in [6.45, 7) is 7.65. The molecule has 2 aromatic heterocycles. The molecule has 0 N–H and O–H groups in total. The lowest BCUT2D eigenvalue weighted by Crippen LogP contribution is -2.38. The minimum atomic E-state index is 0.228. The number of rotatable bonds is 6. The summed E-state index contributed by atoms with van der Waals surface area (Å²) in [7, 11) is 0. The van der Waals surface area contributed by atoms with Crippen molar-refractivity contribution in [1.29, 1.82) is 0 Å². The van der Waals surface area contributed by atoms with Gasteiger partial charge in [0.2, 0.25) is 5.91 Å². The number of fused-ring (bicyclic) bond motifs is 1. The van der Waals surface area contributed by atoms with Crippen LogP contribution in [-0.4, -0.2) is 56.7 Å². The summed E-state index contributed by atoms with van der Waals surface area (Å²) in [5.41, 5.74) is 1.69. The maximum Gasteiger partial charge on any atom is 0.225 e. The lowest BCUT2D eigenvalue weighted by atomic mass is 10.1. The van der Waals surface area contributed by atoms with Gasteiger partial charge in [0.25, 0.3) is 0 Å². The van der Waals surface area contributed by atoms with E-state index in [1.807, 2.05) is 35.1 Å². The molecule has 35 heavy (non-hydrogen) atoms. The SMILES string of the molecule is CC(C)CCc1nc(N2CCCN(C(=O)C3CCCC3)CC2)c2cnn(-c3cccc(Cl)c3)c2n1. The van der Waals surface area contributed by atoms with Gasteiger partial charge in [0.15, 0.2) is 5.65 Å². The molecule has 7 nitrogen and oxygen atoms in total. The first-order valence-corrected chi connectivity index (χ1v) is 13.4. The van der Waals surface area contributed by atoms with Crippen molar-refractivity contribution < 1.29 is 4.79 Å². The number of aryl methyl sites for hydroxylation is 1. The molecule has 3 aromatic rings. The Morgan fingerprint density at radius 1 is 1.09 bits per heavy atom. The van der Waals surface area contributed by atoms with E-state index in [-0.39, 0.29) is 5.92 Å². The van der Waals surface area contributed by atoms with Gasteiger partial charge in [0, 0.05) is 43.5 Å². The highest BCUT2D eigenvalue weighted by Gasteiger charge is 2.29. The van der Waals surface area contributed by atoms with Crippen LogP contribution in [0.3, 0.4) is 0 Å². The van der Waals surface area contributed by atoms with Gasteiger partial charge in [0.1, 0.15) is 11.6 Å². The largest absolute Gasteiger partial charge is 0.354 e. The summed E-state index contributed by atoms with van der Waals surface area (Å²) in [6.07, 6.45) is 9.12. The number of anilines is 1. The quantitative estimate of drug-likeness (QED) is 0.466. The fraction of sp³-hybridized carbons (Fsp3) is 0.556. The monoisotopic (exact) mass is 494 g/mol. The van der Waals surface area contributed by atoms with E-state index in [0.717, 1.165) is 86.6 Å². The van der Waals surface area contributed by atoms with Crippen molar-refractivity contribution in [1.82, 2.24) is 24.6 Å². The molecule has 0 radical (unpaired) electrons. The highest BCUT2D eigenvalue weighted by Crippen LogP contribution is 2.30. The minimum absolute atomic E-state index is 0.228. The van der Waals surface area contributed by atoms with Gasteiger partial charge in [-0.05, 0) is 49.8 Å². The molecule has 1 aromatic carbocycles. The number of amides is 1. The molecule has 1 aliphatic carbocycles. The molecule has 0 unspecified atom stereocenters. The van der Waals surface area contributed by atoms with E-state index >= 15 is 0 Å². The Morgan fingerprint density at radius 2 is 1.91 bits per heavy atom. The molecular formula is C27H35ClN6O. The Morgan fingerprint density at radius 3 is 2.69 bits per heavy atom. The predicted molar refractivity (Wildman–Crippen MR) is 140 cm³/mol. The van der Waals surface area contributed by atoms with Crippen molar-refractivity contribution in [2.45, 2.75) is 58.8 Å². The van der Waals surface area contributed by atoms with Crippen LogP contribution in [-0.2, 0) is 11.2 Å². The topological polar surface area (TPSA) is 67.2 Å². The summed E-state index contributed by atoms with van der Waals surface area (Å²) in [5, 5.41) is 6.29. The number of carbonyl (C=O) groups excluding carboxylic acids is 1. The van der Waals surface area contributed by atoms with Gasteiger partial charge >= 0.3 is 0 Å². The average molecular weight is 495 g/mol. The Labute approximate surface area is 212 Å². The molecule has 1 aliphatic heterocycles. The maximum absolute atomic E-state index is 13.1.